The highest BCUT2D eigenvalue weighted by Gasteiger charge is 2.42. The highest BCUT2D eigenvalue weighted by atomic mass is 32.2. The lowest BCUT2D eigenvalue weighted by molar-refractivity contribution is -0.137. The summed E-state index contributed by atoms with van der Waals surface area (Å²) in [5, 5.41) is 11.7. The minimum atomic E-state index is -4.52. The number of nitrogens with one attached hydrogen (secondary N) is 1. The molecule has 0 spiro atoms. The van der Waals surface area contributed by atoms with Gasteiger partial charge in [0.2, 0.25) is 5.91 Å². The van der Waals surface area contributed by atoms with Crippen molar-refractivity contribution in [2.45, 2.75) is 23.5 Å². The number of rotatable bonds is 9. The van der Waals surface area contributed by atoms with E-state index >= 15 is 0 Å². The lowest BCUT2D eigenvalue weighted by Crippen LogP contribution is -2.48. The largest absolute Gasteiger partial charge is 0.492 e. The van der Waals surface area contributed by atoms with E-state index < -0.39 is 39.7 Å². The summed E-state index contributed by atoms with van der Waals surface area (Å²) in [4.78, 5) is 24.1. The summed E-state index contributed by atoms with van der Waals surface area (Å²) in [7, 11) is -4.25. The van der Waals surface area contributed by atoms with E-state index in [1.54, 1.807) is 24.3 Å². The molecule has 1 amide bonds. The van der Waals surface area contributed by atoms with E-state index in [1.165, 1.54) is 60.7 Å². The number of aromatic carboxylic acids is 1. The fraction of sp³-hybridized carbons (Fsp3) is 0.161. The van der Waals surface area contributed by atoms with Crippen molar-refractivity contribution in [3.8, 4) is 16.9 Å². The zero-order valence-corrected chi connectivity index (χ0v) is 23.2. The van der Waals surface area contributed by atoms with Crippen LogP contribution in [-0.2, 0) is 27.4 Å². The molecule has 0 saturated heterocycles. The molecule has 8 nitrogen and oxygen atoms in total. The number of amides is 1. The third kappa shape index (κ3) is 6.33. The normalized spacial score (nSPS) is 14.7. The number of carbonyl (C=O) groups is 2. The number of carboxylic acids is 1. The third-order valence-electron chi connectivity index (χ3n) is 6.93. The first-order chi connectivity index (χ1) is 20.4. The maximum Gasteiger partial charge on any atom is 0.416 e. The van der Waals surface area contributed by atoms with E-state index in [9.17, 15) is 31.2 Å². The maximum atomic E-state index is 13.9. The van der Waals surface area contributed by atoms with Crippen LogP contribution >= 0.6 is 0 Å². The molecule has 43 heavy (non-hydrogen) atoms. The SMILES string of the molecule is O=C(O)c1ccc(OCCNC(=O)[C@@H]2Cc3ccccc3N2S(=O)(=O)c2ccc(-c3cccc(C(F)(F)F)c3)cc2)cc1. The quantitative estimate of drug-likeness (QED) is 0.246. The minimum absolute atomic E-state index is 0.0571. The Bertz CT molecular complexity index is 1760. The molecule has 0 saturated carbocycles. The number of carboxylic acid groups (broad SMARTS) is 1. The van der Waals surface area contributed by atoms with Crippen molar-refractivity contribution >= 4 is 27.6 Å². The number of fused-ring (bicyclic) bond motifs is 1. The van der Waals surface area contributed by atoms with Crippen LogP contribution in [0.3, 0.4) is 0 Å². The van der Waals surface area contributed by atoms with E-state index in [-0.39, 0.29) is 35.6 Å². The van der Waals surface area contributed by atoms with Crippen molar-refractivity contribution in [2.24, 2.45) is 0 Å². The number of carbonyl (C=O) groups excluding carboxylic acids is 1. The van der Waals surface area contributed by atoms with Crippen molar-refractivity contribution in [1.82, 2.24) is 5.32 Å². The smallest absolute Gasteiger partial charge is 0.416 e. The molecule has 1 atom stereocenters. The summed E-state index contributed by atoms with van der Waals surface area (Å²) >= 11 is 0. The van der Waals surface area contributed by atoms with Gasteiger partial charge in [-0.15, -0.1) is 0 Å². The van der Waals surface area contributed by atoms with Crippen LogP contribution in [-0.4, -0.2) is 44.6 Å². The van der Waals surface area contributed by atoms with Crippen LogP contribution in [0.5, 0.6) is 5.75 Å². The molecule has 0 fully saturated rings. The van der Waals surface area contributed by atoms with Crippen molar-refractivity contribution < 1.29 is 41.0 Å². The number of sulfonamides is 1. The van der Waals surface area contributed by atoms with E-state index in [2.05, 4.69) is 5.32 Å². The van der Waals surface area contributed by atoms with Crippen LogP contribution in [0.4, 0.5) is 18.9 Å². The van der Waals surface area contributed by atoms with Crippen LogP contribution in [0.1, 0.15) is 21.5 Å². The van der Waals surface area contributed by atoms with Gasteiger partial charge in [-0.3, -0.25) is 9.10 Å². The zero-order valence-electron chi connectivity index (χ0n) is 22.4. The Morgan fingerprint density at radius 3 is 2.28 bits per heavy atom. The van der Waals surface area contributed by atoms with Gasteiger partial charge in [0.25, 0.3) is 10.0 Å². The predicted molar refractivity (Wildman–Crippen MR) is 152 cm³/mol. The molecule has 0 aromatic heterocycles. The molecule has 0 unspecified atom stereocenters. The number of benzene rings is 4. The van der Waals surface area contributed by atoms with Crippen molar-refractivity contribution in [3.05, 3.63) is 114 Å². The van der Waals surface area contributed by atoms with Gasteiger partial charge in [0.1, 0.15) is 18.4 Å². The van der Waals surface area contributed by atoms with Crippen LogP contribution in [0.15, 0.2) is 102 Å². The number of halogens is 3. The lowest BCUT2D eigenvalue weighted by Gasteiger charge is -2.26. The van der Waals surface area contributed by atoms with Gasteiger partial charge in [-0.25, -0.2) is 13.2 Å². The second-order valence-electron chi connectivity index (χ2n) is 9.72. The number of nitrogens with zero attached hydrogens (tertiary/aromatic N) is 1. The molecular formula is C31H25F3N2O6S. The molecule has 1 aliphatic heterocycles. The summed E-state index contributed by atoms with van der Waals surface area (Å²) in [5.41, 5.74) is 1.00. The van der Waals surface area contributed by atoms with E-state index in [0.29, 0.717) is 22.6 Å². The van der Waals surface area contributed by atoms with Gasteiger partial charge in [-0.1, -0.05) is 42.5 Å². The first-order valence-corrected chi connectivity index (χ1v) is 14.5. The zero-order chi connectivity index (χ0) is 30.8. The van der Waals surface area contributed by atoms with Crippen LogP contribution < -0.4 is 14.4 Å². The standard InChI is InChI=1S/C31H25F3N2O6S/c32-31(33,34)24-6-3-5-22(18-24)20-10-14-26(15-11-20)43(40,41)36-27-7-2-1-4-23(27)19-28(36)29(37)35-16-17-42-25-12-8-21(9-13-25)30(38)39/h1-15,18,28H,16-17,19H2,(H,35,37)(H,38,39)/t28-/m0/s1. The second kappa shape index (κ2) is 11.8. The van der Waals surface area contributed by atoms with E-state index in [0.717, 1.165) is 16.4 Å². The first-order valence-electron chi connectivity index (χ1n) is 13.1. The highest BCUT2D eigenvalue weighted by molar-refractivity contribution is 7.93. The Morgan fingerprint density at radius 1 is 0.907 bits per heavy atom. The van der Waals surface area contributed by atoms with Crippen molar-refractivity contribution in [2.75, 3.05) is 17.5 Å². The average Bonchev–Trinajstić information content (AvgIpc) is 3.40. The molecule has 1 aliphatic rings. The number of hydrogen-bond acceptors (Lipinski definition) is 5. The van der Waals surface area contributed by atoms with Crippen LogP contribution in [0.25, 0.3) is 11.1 Å². The summed E-state index contributed by atoms with van der Waals surface area (Å²) in [6.07, 6.45) is -4.38. The lowest BCUT2D eigenvalue weighted by atomic mass is 10.0. The highest BCUT2D eigenvalue weighted by Crippen LogP contribution is 2.38. The Hall–Kier alpha value is -4.84. The molecule has 12 heteroatoms. The number of para-hydroxylation sites is 1. The molecule has 0 radical (unpaired) electrons. The van der Waals surface area contributed by atoms with Gasteiger partial charge in [-0.05, 0) is 71.3 Å². The second-order valence-corrected chi connectivity index (χ2v) is 11.5. The summed E-state index contributed by atoms with van der Waals surface area (Å²) in [6, 6.07) is 21.7. The summed E-state index contributed by atoms with van der Waals surface area (Å²) < 4.78 is 73.9. The maximum absolute atomic E-state index is 13.9. The Morgan fingerprint density at radius 2 is 1.60 bits per heavy atom. The fourth-order valence-corrected chi connectivity index (χ4v) is 6.47. The van der Waals surface area contributed by atoms with Gasteiger partial charge >= 0.3 is 12.1 Å². The molecule has 4 aromatic rings. The third-order valence-corrected chi connectivity index (χ3v) is 8.77. The predicted octanol–water partition coefficient (Wildman–Crippen LogP) is 5.39. The van der Waals surface area contributed by atoms with Crippen LogP contribution in [0, 0.1) is 0 Å². The van der Waals surface area contributed by atoms with Gasteiger partial charge in [0, 0.05) is 6.42 Å². The Kier molecular flexibility index (Phi) is 8.14. The van der Waals surface area contributed by atoms with E-state index in [1.807, 2.05) is 0 Å². The molecule has 0 aliphatic carbocycles. The van der Waals surface area contributed by atoms with Crippen LogP contribution in [0.2, 0.25) is 0 Å². The molecular weight excluding hydrogens is 585 g/mol. The topological polar surface area (TPSA) is 113 Å². The average molecular weight is 611 g/mol. The summed E-state index contributed by atoms with van der Waals surface area (Å²) in [5.74, 6) is -1.20. The number of alkyl halides is 3. The monoisotopic (exact) mass is 610 g/mol. The Balaban J connectivity index is 1.32. The van der Waals surface area contributed by atoms with Crippen molar-refractivity contribution in [1.29, 1.82) is 0 Å². The number of anilines is 1. The Labute approximate surface area is 245 Å². The number of hydrogen-bond donors (Lipinski definition) is 2. The fourth-order valence-electron chi connectivity index (χ4n) is 4.82. The van der Waals surface area contributed by atoms with E-state index in [4.69, 9.17) is 9.84 Å². The molecule has 2 N–H and O–H groups in total. The van der Waals surface area contributed by atoms with Crippen molar-refractivity contribution in [3.63, 3.8) is 0 Å². The molecule has 0 bridgehead atoms. The molecule has 1 heterocycles. The van der Waals surface area contributed by atoms with Gasteiger partial charge < -0.3 is 15.2 Å². The molecule has 4 aromatic carbocycles. The minimum Gasteiger partial charge on any atom is -0.492 e. The van der Waals surface area contributed by atoms with Gasteiger partial charge in [0.05, 0.1) is 28.3 Å². The molecule has 222 valence electrons. The number of ether oxygens (including phenoxy) is 1. The van der Waals surface area contributed by atoms with Gasteiger partial charge in [-0.2, -0.15) is 13.2 Å². The first kappa shape index (κ1) is 29.6. The molecule has 5 rings (SSSR count). The summed E-state index contributed by atoms with van der Waals surface area (Å²) in [6.45, 7) is 0.119. The van der Waals surface area contributed by atoms with Gasteiger partial charge in [0.15, 0.2) is 0 Å².